The molecular weight excluding hydrogens is 318 g/mol. The highest BCUT2D eigenvalue weighted by molar-refractivity contribution is 9.10. The summed E-state index contributed by atoms with van der Waals surface area (Å²) in [5.74, 6) is 0.458. The molecule has 0 aromatic heterocycles. The molecule has 18 heavy (non-hydrogen) atoms. The van der Waals surface area contributed by atoms with Crippen LogP contribution >= 0.6 is 15.9 Å². The zero-order valence-corrected chi connectivity index (χ0v) is 12.5. The lowest BCUT2D eigenvalue weighted by Crippen LogP contribution is -2.34. The topological polar surface area (TPSA) is 66.4 Å². The molecule has 100 valence electrons. The third-order valence-corrected chi connectivity index (χ3v) is 5.69. The van der Waals surface area contributed by atoms with Crippen LogP contribution in [0.15, 0.2) is 27.6 Å². The van der Waals surface area contributed by atoms with Crippen LogP contribution in [0.5, 0.6) is 0 Å². The van der Waals surface area contributed by atoms with Gasteiger partial charge in [0.05, 0.1) is 11.5 Å². The minimum Gasteiger partial charge on any atom is -0.392 e. The average molecular weight is 334 g/mol. The molecule has 1 aromatic carbocycles. The maximum atomic E-state index is 12.2. The van der Waals surface area contributed by atoms with E-state index in [0.29, 0.717) is 16.0 Å². The van der Waals surface area contributed by atoms with Crippen molar-refractivity contribution < 1.29 is 13.5 Å². The summed E-state index contributed by atoms with van der Waals surface area (Å²) in [7, 11) is -3.54. The Balaban J connectivity index is 2.27. The standard InChI is InChI=1S/C12H16BrNO3S/c1-8(10-3-4-10)14-18(16,17)12-6-9(7-15)2-5-11(12)13/h2,5-6,8,10,14-15H,3-4,7H2,1H3. The smallest absolute Gasteiger partial charge is 0.241 e. The number of hydrogen-bond donors (Lipinski definition) is 2. The summed E-state index contributed by atoms with van der Waals surface area (Å²) in [5, 5.41) is 9.07. The van der Waals surface area contributed by atoms with Crippen LogP contribution in [0.1, 0.15) is 25.3 Å². The molecule has 1 aliphatic carbocycles. The first-order valence-corrected chi connectivity index (χ1v) is 8.13. The van der Waals surface area contributed by atoms with Gasteiger partial charge in [0.15, 0.2) is 0 Å². The van der Waals surface area contributed by atoms with Crippen molar-refractivity contribution in [2.45, 2.75) is 37.3 Å². The molecule has 2 rings (SSSR count). The van der Waals surface area contributed by atoms with Crippen molar-refractivity contribution in [3.8, 4) is 0 Å². The van der Waals surface area contributed by atoms with Crippen molar-refractivity contribution in [3.05, 3.63) is 28.2 Å². The monoisotopic (exact) mass is 333 g/mol. The number of aliphatic hydroxyl groups is 1. The number of benzene rings is 1. The van der Waals surface area contributed by atoms with E-state index in [1.807, 2.05) is 6.92 Å². The van der Waals surface area contributed by atoms with Gasteiger partial charge in [-0.25, -0.2) is 13.1 Å². The Morgan fingerprint density at radius 3 is 2.72 bits per heavy atom. The van der Waals surface area contributed by atoms with Gasteiger partial charge in [0.2, 0.25) is 10.0 Å². The lowest BCUT2D eigenvalue weighted by atomic mass is 10.2. The quantitative estimate of drug-likeness (QED) is 0.866. The molecule has 1 fully saturated rings. The highest BCUT2D eigenvalue weighted by Gasteiger charge is 2.31. The van der Waals surface area contributed by atoms with E-state index < -0.39 is 10.0 Å². The maximum absolute atomic E-state index is 12.2. The van der Waals surface area contributed by atoms with Crippen LogP contribution in [0, 0.1) is 5.92 Å². The Hall–Kier alpha value is -0.430. The zero-order chi connectivity index (χ0) is 13.3. The van der Waals surface area contributed by atoms with E-state index in [0.717, 1.165) is 12.8 Å². The number of hydrogen-bond acceptors (Lipinski definition) is 3. The normalized spacial score (nSPS) is 17.7. The van der Waals surface area contributed by atoms with Gasteiger partial charge in [-0.3, -0.25) is 0 Å². The van der Waals surface area contributed by atoms with Crippen molar-refractivity contribution in [2.75, 3.05) is 0 Å². The lowest BCUT2D eigenvalue weighted by Gasteiger charge is -2.14. The zero-order valence-electron chi connectivity index (χ0n) is 10.1. The van der Waals surface area contributed by atoms with Gasteiger partial charge >= 0.3 is 0 Å². The van der Waals surface area contributed by atoms with Crippen LogP contribution < -0.4 is 4.72 Å². The molecule has 6 heteroatoms. The molecule has 4 nitrogen and oxygen atoms in total. The number of rotatable bonds is 5. The SMILES string of the molecule is CC(NS(=O)(=O)c1cc(CO)ccc1Br)C1CC1. The Kier molecular flexibility index (Phi) is 4.11. The molecule has 2 N–H and O–H groups in total. The third kappa shape index (κ3) is 3.12. The van der Waals surface area contributed by atoms with Gasteiger partial charge in [0.25, 0.3) is 0 Å². The summed E-state index contributed by atoms with van der Waals surface area (Å²) >= 11 is 3.24. The van der Waals surface area contributed by atoms with Crippen LogP contribution in [0.4, 0.5) is 0 Å². The first-order valence-electron chi connectivity index (χ1n) is 5.85. The predicted molar refractivity (Wildman–Crippen MR) is 72.6 cm³/mol. The molecule has 0 heterocycles. The molecule has 1 aliphatic rings. The minimum absolute atomic E-state index is 0.0420. The van der Waals surface area contributed by atoms with Gasteiger partial charge in [-0.05, 0) is 59.3 Å². The molecule has 0 aliphatic heterocycles. The fourth-order valence-corrected chi connectivity index (χ4v) is 4.18. The van der Waals surface area contributed by atoms with Crippen molar-refractivity contribution in [1.82, 2.24) is 4.72 Å². The van der Waals surface area contributed by atoms with Crippen molar-refractivity contribution in [2.24, 2.45) is 5.92 Å². The molecule has 1 saturated carbocycles. The fourth-order valence-electron chi connectivity index (χ4n) is 1.85. The van der Waals surface area contributed by atoms with E-state index in [1.165, 1.54) is 6.07 Å². The Morgan fingerprint density at radius 1 is 1.50 bits per heavy atom. The summed E-state index contributed by atoms with van der Waals surface area (Å²) in [6, 6.07) is 4.78. The van der Waals surface area contributed by atoms with Gasteiger partial charge in [0.1, 0.15) is 0 Å². The Morgan fingerprint density at radius 2 is 2.17 bits per heavy atom. The molecular formula is C12H16BrNO3S. The maximum Gasteiger partial charge on any atom is 0.241 e. The molecule has 1 unspecified atom stereocenters. The molecule has 0 radical (unpaired) electrons. The van der Waals surface area contributed by atoms with E-state index in [9.17, 15) is 8.42 Å². The summed E-state index contributed by atoms with van der Waals surface area (Å²) in [6.45, 7) is 1.72. The molecule has 1 aromatic rings. The van der Waals surface area contributed by atoms with Gasteiger partial charge < -0.3 is 5.11 Å². The number of sulfonamides is 1. The summed E-state index contributed by atoms with van der Waals surface area (Å²) in [6.07, 6.45) is 2.17. The van der Waals surface area contributed by atoms with E-state index in [4.69, 9.17) is 5.11 Å². The molecule has 0 bridgehead atoms. The molecule has 0 amide bonds. The second-order valence-electron chi connectivity index (χ2n) is 4.67. The lowest BCUT2D eigenvalue weighted by molar-refractivity contribution is 0.281. The van der Waals surface area contributed by atoms with Gasteiger partial charge in [0, 0.05) is 10.5 Å². The molecule has 0 saturated heterocycles. The second kappa shape index (κ2) is 5.28. The minimum atomic E-state index is -3.54. The highest BCUT2D eigenvalue weighted by atomic mass is 79.9. The van der Waals surface area contributed by atoms with Crippen LogP contribution in [0.25, 0.3) is 0 Å². The van der Waals surface area contributed by atoms with Gasteiger partial charge in [-0.2, -0.15) is 0 Å². The summed E-state index contributed by atoms with van der Waals surface area (Å²) in [5.41, 5.74) is 0.581. The first kappa shape index (κ1) is 14.0. The Bertz CT molecular complexity index is 540. The van der Waals surface area contributed by atoms with Gasteiger partial charge in [-0.15, -0.1) is 0 Å². The first-order chi connectivity index (χ1) is 8.44. The summed E-state index contributed by atoms with van der Waals surface area (Å²) < 4.78 is 27.7. The van der Waals surface area contributed by atoms with Crippen LogP contribution in [-0.2, 0) is 16.6 Å². The predicted octanol–water partition coefficient (Wildman–Crippen LogP) is 2.02. The van der Waals surface area contributed by atoms with E-state index in [-0.39, 0.29) is 17.5 Å². The largest absolute Gasteiger partial charge is 0.392 e. The van der Waals surface area contributed by atoms with Crippen molar-refractivity contribution in [1.29, 1.82) is 0 Å². The number of nitrogens with one attached hydrogen (secondary N) is 1. The van der Waals surface area contributed by atoms with Crippen LogP contribution in [0.2, 0.25) is 0 Å². The number of halogens is 1. The van der Waals surface area contributed by atoms with Crippen LogP contribution in [-0.4, -0.2) is 19.6 Å². The fraction of sp³-hybridized carbons (Fsp3) is 0.500. The third-order valence-electron chi connectivity index (χ3n) is 3.14. The Labute approximate surface area is 116 Å². The summed E-state index contributed by atoms with van der Waals surface area (Å²) in [4.78, 5) is 0.182. The number of aliphatic hydroxyl groups excluding tert-OH is 1. The highest BCUT2D eigenvalue weighted by Crippen LogP contribution is 2.33. The average Bonchev–Trinajstić information content (AvgIpc) is 3.12. The van der Waals surface area contributed by atoms with Gasteiger partial charge in [-0.1, -0.05) is 6.07 Å². The van der Waals surface area contributed by atoms with Crippen molar-refractivity contribution in [3.63, 3.8) is 0 Å². The van der Waals surface area contributed by atoms with Crippen molar-refractivity contribution >= 4 is 26.0 Å². The molecule has 0 spiro atoms. The van der Waals surface area contributed by atoms with E-state index in [1.54, 1.807) is 12.1 Å². The second-order valence-corrected chi connectivity index (χ2v) is 7.21. The van der Waals surface area contributed by atoms with E-state index in [2.05, 4.69) is 20.7 Å². The molecule has 1 atom stereocenters. The van der Waals surface area contributed by atoms with E-state index >= 15 is 0 Å². The van der Waals surface area contributed by atoms with Crippen LogP contribution in [0.3, 0.4) is 0 Å².